The van der Waals surface area contributed by atoms with Gasteiger partial charge in [-0.3, -0.25) is 0 Å². The van der Waals surface area contributed by atoms with E-state index in [0.29, 0.717) is 6.61 Å². The maximum Gasteiger partial charge on any atom is 0.333 e. The Kier molecular flexibility index (Phi) is 3.45. The van der Waals surface area contributed by atoms with E-state index in [9.17, 15) is 9.59 Å². The van der Waals surface area contributed by atoms with E-state index in [1.807, 2.05) is 0 Å². The van der Waals surface area contributed by atoms with Gasteiger partial charge in [-0.2, -0.15) is 0 Å². The molecular weight excluding hydrogens is 176 g/mol. The predicted molar refractivity (Wildman–Crippen MR) is 41.6 cm³/mol. The molecule has 0 bridgehead atoms. The Morgan fingerprint density at radius 1 is 1.46 bits per heavy atom. The molecule has 5 heteroatoms. The van der Waals surface area contributed by atoms with Crippen molar-refractivity contribution in [1.82, 2.24) is 0 Å². The lowest BCUT2D eigenvalue weighted by Crippen LogP contribution is -2.05. The van der Waals surface area contributed by atoms with Crippen LogP contribution in [0.1, 0.15) is 6.92 Å². The van der Waals surface area contributed by atoms with Crippen LogP contribution in [-0.2, 0) is 23.8 Å². The highest BCUT2D eigenvalue weighted by Gasteiger charge is 2.26. The summed E-state index contributed by atoms with van der Waals surface area (Å²) in [6.45, 7) is 2.39. The zero-order valence-corrected chi connectivity index (χ0v) is 7.19. The van der Waals surface area contributed by atoms with Gasteiger partial charge in [0.1, 0.15) is 6.61 Å². The van der Waals surface area contributed by atoms with Crippen LogP contribution in [0, 0.1) is 0 Å². The van der Waals surface area contributed by atoms with E-state index in [2.05, 4.69) is 14.2 Å². The molecule has 5 nitrogen and oxygen atoms in total. The maximum atomic E-state index is 10.8. The number of carbonyl (C=O) groups excluding carboxylic acids is 2. The fraction of sp³-hybridized carbons (Fsp3) is 0.500. The second-order valence-corrected chi connectivity index (χ2v) is 2.29. The molecule has 0 spiro atoms. The Hall–Kier alpha value is -1.36. The largest absolute Gasteiger partial charge is 0.463 e. The van der Waals surface area contributed by atoms with Crippen LogP contribution in [0.2, 0.25) is 0 Å². The van der Waals surface area contributed by atoms with Gasteiger partial charge < -0.3 is 14.2 Å². The van der Waals surface area contributed by atoms with Gasteiger partial charge in [-0.05, 0) is 6.92 Å². The molecule has 0 aromatic heterocycles. The molecule has 0 saturated carbocycles. The molecule has 1 saturated heterocycles. The van der Waals surface area contributed by atoms with Crippen molar-refractivity contribution in [3.05, 3.63) is 12.2 Å². The molecule has 1 heterocycles. The van der Waals surface area contributed by atoms with Gasteiger partial charge in [0, 0.05) is 12.2 Å². The van der Waals surface area contributed by atoms with Crippen molar-refractivity contribution in [3.8, 4) is 0 Å². The zero-order valence-electron chi connectivity index (χ0n) is 7.19. The smallest absolute Gasteiger partial charge is 0.333 e. The molecular formula is C8H10O5. The average Bonchev–Trinajstić information content (AvgIpc) is 2.85. The van der Waals surface area contributed by atoms with E-state index in [1.165, 1.54) is 0 Å². The minimum Gasteiger partial charge on any atom is -0.463 e. The predicted octanol–water partition coefficient (Wildman–Crippen LogP) is 0.00520. The summed E-state index contributed by atoms with van der Waals surface area (Å²) >= 11 is 0. The fourth-order valence-electron chi connectivity index (χ4n) is 0.603. The van der Waals surface area contributed by atoms with Crippen LogP contribution in [0.4, 0.5) is 0 Å². The molecule has 1 aliphatic heterocycles. The first-order valence-electron chi connectivity index (χ1n) is 3.89. The Bertz CT molecular complexity index is 229. The number of carbonyl (C=O) groups is 2. The van der Waals surface area contributed by atoms with Crippen molar-refractivity contribution in [2.24, 2.45) is 0 Å². The van der Waals surface area contributed by atoms with Crippen LogP contribution < -0.4 is 0 Å². The lowest BCUT2D eigenvalue weighted by Gasteiger charge is -1.95. The summed E-state index contributed by atoms with van der Waals surface area (Å²) in [7, 11) is 0. The lowest BCUT2D eigenvalue weighted by molar-refractivity contribution is -0.143. The SMILES string of the molecule is CCOC(=O)/C=C\C(=O)OC1CO1. The quantitative estimate of drug-likeness (QED) is 0.351. The van der Waals surface area contributed by atoms with E-state index >= 15 is 0 Å². The molecule has 0 aromatic rings. The second kappa shape index (κ2) is 4.61. The van der Waals surface area contributed by atoms with Gasteiger partial charge >= 0.3 is 11.9 Å². The van der Waals surface area contributed by atoms with Crippen molar-refractivity contribution >= 4 is 11.9 Å². The number of ether oxygens (including phenoxy) is 3. The van der Waals surface area contributed by atoms with Gasteiger partial charge in [0.05, 0.1) is 6.61 Å². The highest BCUT2D eigenvalue weighted by molar-refractivity contribution is 5.91. The van der Waals surface area contributed by atoms with Crippen LogP contribution >= 0.6 is 0 Å². The van der Waals surface area contributed by atoms with Crippen molar-refractivity contribution in [1.29, 1.82) is 0 Å². The lowest BCUT2D eigenvalue weighted by atomic mass is 10.5. The number of epoxide rings is 1. The summed E-state index contributed by atoms with van der Waals surface area (Å²) in [5.74, 6) is -1.16. The molecule has 1 unspecified atom stereocenters. The Morgan fingerprint density at radius 2 is 2.08 bits per heavy atom. The van der Waals surface area contributed by atoms with Gasteiger partial charge in [0.2, 0.25) is 6.29 Å². The summed E-state index contributed by atoms with van der Waals surface area (Å²) in [5.41, 5.74) is 0. The number of hydrogen-bond donors (Lipinski definition) is 0. The Morgan fingerprint density at radius 3 is 2.62 bits per heavy atom. The normalized spacial score (nSPS) is 19.9. The van der Waals surface area contributed by atoms with Crippen LogP contribution in [0.5, 0.6) is 0 Å². The first-order valence-corrected chi connectivity index (χ1v) is 3.89. The van der Waals surface area contributed by atoms with Crippen LogP contribution in [-0.4, -0.2) is 31.4 Å². The van der Waals surface area contributed by atoms with Gasteiger partial charge in [0.25, 0.3) is 0 Å². The van der Waals surface area contributed by atoms with Gasteiger partial charge in [0.15, 0.2) is 0 Å². The standard InChI is InChI=1S/C8H10O5/c1-2-11-6(9)3-4-7(10)13-8-5-12-8/h3-4,8H,2,5H2,1H3/b4-3-. The van der Waals surface area contributed by atoms with Crippen molar-refractivity contribution in [2.45, 2.75) is 13.2 Å². The third-order valence-electron chi connectivity index (χ3n) is 1.19. The maximum absolute atomic E-state index is 10.8. The topological polar surface area (TPSA) is 65.1 Å². The molecule has 1 rings (SSSR count). The van der Waals surface area contributed by atoms with Crippen molar-refractivity contribution < 1.29 is 23.8 Å². The molecule has 13 heavy (non-hydrogen) atoms. The monoisotopic (exact) mass is 186 g/mol. The van der Waals surface area contributed by atoms with E-state index in [1.54, 1.807) is 6.92 Å². The molecule has 0 aromatic carbocycles. The minimum atomic E-state index is -0.601. The molecule has 0 radical (unpaired) electrons. The van der Waals surface area contributed by atoms with Crippen LogP contribution in [0.15, 0.2) is 12.2 Å². The van der Waals surface area contributed by atoms with E-state index in [0.717, 1.165) is 12.2 Å². The molecule has 0 aliphatic carbocycles. The average molecular weight is 186 g/mol. The number of esters is 2. The highest BCUT2D eigenvalue weighted by atomic mass is 16.8. The summed E-state index contributed by atoms with van der Waals surface area (Å²) in [6.07, 6.45) is 1.60. The van der Waals surface area contributed by atoms with Gasteiger partial charge in [-0.25, -0.2) is 9.59 Å². The number of hydrogen-bond acceptors (Lipinski definition) is 5. The van der Waals surface area contributed by atoms with Crippen molar-refractivity contribution in [3.63, 3.8) is 0 Å². The van der Waals surface area contributed by atoms with Crippen LogP contribution in [0.3, 0.4) is 0 Å². The summed E-state index contributed by atoms with van der Waals surface area (Å²) in [6, 6.07) is 0. The first-order chi connectivity index (χ1) is 6.22. The fourth-order valence-corrected chi connectivity index (χ4v) is 0.603. The minimum absolute atomic E-state index is 0.282. The molecule has 1 atom stereocenters. The van der Waals surface area contributed by atoms with Gasteiger partial charge in [-0.1, -0.05) is 0 Å². The molecule has 0 N–H and O–H groups in total. The molecule has 0 amide bonds. The van der Waals surface area contributed by atoms with Crippen molar-refractivity contribution in [2.75, 3.05) is 13.2 Å². The Labute approximate surface area is 75.3 Å². The third-order valence-corrected chi connectivity index (χ3v) is 1.19. The summed E-state index contributed by atoms with van der Waals surface area (Å²) in [4.78, 5) is 21.5. The summed E-state index contributed by atoms with van der Waals surface area (Å²) < 4.78 is 13.8. The second-order valence-electron chi connectivity index (χ2n) is 2.29. The zero-order chi connectivity index (χ0) is 9.68. The number of rotatable bonds is 4. The van der Waals surface area contributed by atoms with E-state index in [4.69, 9.17) is 0 Å². The summed E-state index contributed by atoms with van der Waals surface area (Å²) in [5, 5.41) is 0. The molecule has 1 aliphatic rings. The van der Waals surface area contributed by atoms with Crippen LogP contribution in [0.25, 0.3) is 0 Å². The molecule has 72 valence electrons. The van der Waals surface area contributed by atoms with E-state index in [-0.39, 0.29) is 6.61 Å². The third kappa shape index (κ3) is 4.27. The molecule has 1 fully saturated rings. The first kappa shape index (κ1) is 9.73. The van der Waals surface area contributed by atoms with E-state index < -0.39 is 18.2 Å². The Balaban J connectivity index is 2.20. The highest BCUT2D eigenvalue weighted by Crippen LogP contribution is 2.10. The van der Waals surface area contributed by atoms with Gasteiger partial charge in [-0.15, -0.1) is 0 Å².